The maximum atomic E-state index is 10.4. The Bertz CT molecular complexity index is 450. The average molecular weight is 188 g/mol. The average Bonchev–Trinajstić information content (AvgIpc) is 2.68. The second-order valence-corrected chi connectivity index (χ2v) is 2.66. The zero-order valence-electron chi connectivity index (χ0n) is 7.12. The molecule has 2 rings (SSSR count). The molecule has 0 bridgehead atoms. The molecule has 0 unspecified atom stereocenters. The summed E-state index contributed by atoms with van der Waals surface area (Å²) < 4.78 is 1.57. The van der Waals surface area contributed by atoms with E-state index < -0.39 is 5.97 Å². The summed E-state index contributed by atoms with van der Waals surface area (Å²) in [5.41, 5.74) is 0.668. The van der Waals surface area contributed by atoms with E-state index in [4.69, 9.17) is 0 Å². The highest BCUT2D eigenvalue weighted by Crippen LogP contribution is 2.05. The molecule has 5 heteroatoms. The van der Waals surface area contributed by atoms with E-state index in [1.165, 1.54) is 12.5 Å². The van der Waals surface area contributed by atoms with Gasteiger partial charge in [-0.25, -0.2) is 4.98 Å². The number of nitrogens with zero attached hydrogens (tertiary/aromatic N) is 3. The van der Waals surface area contributed by atoms with Crippen LogP contribution < -0.4 is 5.11 Å². The molecule has 2 aromatic rings. The number of carboxylic acids is 1. The van der Waals surface area contributed by atoms with Gasteiger partial charge in [0.05, 0.1) is 17.9 Å². The van der Waals surface area contributed by atoms with Crippen LogP contribution in [0.4, 0.5) is 0 Å². The minimum absolute atomic E-state index is 0.0890. The van der Waals surface area contributed by atoms with Crippen LogP contribution >= 0.6 is 0 Å². The molecule has 0 saturated carbocycles. The number of aromatic nitrogens is 3. The maximum Gasteiger partial charge on any atom is 0.104 e. The number of imidazole rings is 1. The Kier molecular flexibility index (Phi) is 1.98. The van der Waals surface area contributed by atoms with Crippen LogP contribution in [0, 0.1) is 0 Å². The first-order chi connectivity index (χ1) is 6.77. The van der Waals surface area contributed by atoms with E-state index in [1.54, 1.807) is 29.1 Å². The molecule has 0 aliphatic carbocycles. The van der Waals surface area contributed by atoms with Crippen LogP contribution in [0.2, 0.25) is 0 Å². The Balaban J connectivity index is 2.39. The molecule has 0 amide bonds. The number of rotatable bonds is 2. The summed E-state index contributed by atoms with van der Waals surface area (Å²) in [5.74, 6) is -1.28. The Morgan fingerprint density at radius 1 is 1.50 bits per heavy atom. The van der Waals surface area contributed by atoms with Crippen molar-refractivity contribution in [2.24, 2.45) is 0 Å². The lowest BCUT2D eigenvalue weighted by molar-refractivity contribution is -0.255. The lowest BCUT2D eigenvalue weighted by Crippen LogP contribution is -2.22. The highest BCUT2D eigenvalue weighted by atomic mass is 16.4. The third-order valence-electron chi connectivity index (χ3n) is 1.74. The van der Waals surface area contributed by atoms with Crippen LogP contribution in [0.25, 0.3) is 5.69 Å². The van der Waals surface area contributed by atoms with Crippen LogP contribution in [0.1, 0.15) is 10.5 Å². The summed E-state index contributed by atoms with van der Waals surface area (Å²) in [6.07, 6.45) is 6.04. The number of carboxylic acid groups (broad SMARTS) is 1. The predicted octanol–water partition coefficient (Wildman–Crippen LogP) is -0.369. The van der Waals surface area contributed by atoms with Gasteiger partial charge in [0, 0.05) is 12.4 Å². The first-order valence-electron chi connectivity index (χ1n) is 3.93. The van der Waals surface area contributed by atoms with Gasteiger partial charge >= 0.3 is 0 Å². The van der Waals surface area contributed by atoms with Crippen molar-refractivity contribution >= 4 is 5.97 Å². The highest BCUT2D eigenvalue weighted by molar-refractivity contribution is 5.83. The van der Waals surface area contributed by atoms with Crippen molar-refractivity contribution < 1.29 is 9.90 Å². The smallest absolute Gasteiger partial charge is 0.104 e. The van der Waals surface area contributed by atoms with Gasteiger partial charge in [-0.15, -0.1) is 0 Å². The Morgan fingerprint density at radius 3 is 2.93 bits per heavy atom. The molecule has 0 aromatic carbocycles. The van der Waals surface area contributed by atoms with E-state index in [0.29, 0.717) is 0 Å². The number of pyridine rings is 1. The molecular weight excluding hydrogens is 182 g/mol. The minimum Gasteiger partial charge on any atom is -0.543 e. The lowest BCUT2D eigenvalue weighted by Gasteiger charge is -1.99. The van der Waals surface area contributed by atoms with Gasteiger partial charge in [0.2, 0.25) is 0 Å². The molecule has 0 fully saturated rings. The molecular formula is C9H6N3O2-. The third-order valence-corrected chi connectivity index (χ3v) is 1.74. The molecule has 0 atom stereocenters. The van der Waals surface area contributed by atoms with Crippen LogP contribution in [0.5, 0.6) is 0 Å². The third kappa shape index (κ3) is 1.47. The number of aromatic carboxylic acids is 1. The predicted molar refractivity (Wildman–Crippen MR) is 45.7 cm³/mol. The molecule has 0 aliphatic rings. The molecule has 14 heavy (non-hydrogen) atoms. The van der Waals surface area contributed by atoms with Crippen molar-refractivity contribution in [3.05, 3.63) is 42.7 Å². The van der Waals surface area contributed by atoms with Crippen LogP contribution in [0.3, 0.4) is 0 Å². The summed E-state index contributed by atoms with van der Waals surface area (Å²) in [4.78, 5) is 18.0. The van der Waals surface area contributed by atoms with Gasteiger partial charge in [0.1, 0.15) is 12.0 Å². The Labute approximate surface area is 79.7 Å². The largest absolute Gasteiger partial charge is 0.543 e. The molecule has 2 heterocycles. The van der Waals surface area contributed by atoms with Gasteiger partial charge < -0.3 is 14.5 Å². The zero-order chi connectivity index (χ0) is 9.97. The van der Waals surface area contributed by atoms with E-state index in [1.807, 2.05) is 0 Å². The summed E-state index contributed by atoms with van der Waals surface area (Å²) >= 11 is 0. The van der Waals surface area contributed by atoms with E-state index in [9.17, 15) is 9.90 Å². The molecule has 0 aliphatic heterocycles. The van der Waals surface area contributed by atoms with Gasteiger partial charge in [0.25, 0.3) is 0 Å². The molecule has 0 N–H and O–H groups in total. The standard InChI is InChI=1S/C9H7N3O2/c13-9(14)8-5-12(6-11-8)7-2-1-3-10-4-7/h1-6H,(H,13,14)/p-1. The van der Waals surface area contributed by atoms with Gasteiger partial charge in [0.15, 0.2) is 0 Å². The number of hydrogen-bond donors (Lipinski definition) is 0. The topological polar surface area (TPSA) is 70.8 Å². The van der Waals surface area contributed by atoms with E-state index in [2.05, 4.69) is 9.97 Å². The summed E-state index contributed by atoms with van der Waals surface area (Å²) in [7, 11) is 0. The van der Waals surface area contributed by atoms with Crippen LogP contribution in [-0.4, -0.2) is 20.5 Å². The first kappa shape index (κ1) is 8.43. The molecule has 0 radical (unpaired) electrons. The molecule has 0 saturated heterocycles. The van der Waals surface area contributed by atoms with Crippen molar-refractivity contribution in [2.45, 2.75) is 0 Å². The maximum absolute atomic E-state index is 10.4. The fourth-order valence-corrected chi connectivity index (χ4v) is 1.08. The summed E-state index contributed by atoms with van der Waals surface area (Å²) in [6, 6.07) is 3.56. The zero-order valence-corrected chi connectivity index (χ0v) is 7.12. The fraction of sp³-hybridized carbons (Fsp3) is 0. The lowest BCUT2D eigenvalue weighted by atomic mass is 10.4. The van der Waals surface area contributed by atoms with Gasteiger partial charge in [-0.05, 0) is 12.1 Å². The first-order valence-corrected chi connectivity index (χ1v) is 3.93. The minimum atomic E-state index is -1.28. The normalized spacial score (nSPS) is 10.0. The Morgan fingerprint density at radius 2 is 2.36 bits per heavy atom. The van der Waals surface area contributed by atoms with E-state index in [-0.39, 0.29) is 5.69 Å². The van der Waals surface area contributed by atoms with Crippen molar-refractivity contribution in [1.29, 1.82) is 0 Å². The highest BCUT2D eigenvalue weighted by Gasteiger charge is 2.00. The number of hydrogen-bond acceptors (Lipinski definition) is 4. The monoisotopic (exact) mass is 188 g/mol. The SMILES string of the molecule is O=C([O-])c1cn(-c2cccnc2)cn1. The summed E-state index contributed by atoms with van der Waals surface area (Å²) in [5, 5.41) is 10.4. The quantitative estimate of drug-likeness (QED) is 0.644. The molecule has 70 valence electrons. The van der Waals surface area contributed by atoms with Crippen molar-refractivity contribution in [1.82, 2.24) is 14.5 Å². The number of carbonyl (C=O) groups is 1. The van der Waals surface area contributed by atoms with Crippen LogP contribution in [0.15, 0.2) is 37.1 Å². The van der Waals surface area contributed by atoms with Crippen molar-refractivity contribution in [3.63, 3.8) is 0 Å². The van der Waals surface area contributed by atoms with E-state index >= 15 is 0 Å². The van der Waals surface area contributed by atoms with Crippen molar-refractivity contribution in [2.75, 3.05) is 0 Å². The van der Waals surface area contributed by atoms with Crippen LogP contribution in [-0.2, 0) is 0 Å². The van der Waals surface area contributed by atoms with Gasteiger partial charge in [-0.3, -0.25) is 4.98 Å². The molecule has 2 aromatic heterocycles. The van der Waals surface area contributed by atoms with Gasteiger partial charge in [-0.1, -0.05) is 0 Å². The van der Waals surface area contributed by atoms with E-state index in [0.717, 1.165) is 5.69 Å². The second-order valence-electron chi connectivity index (χ2n) is 2.66. The molecule has 5 nitrogen and oxygen atoms in total. The fourth-order valence-electron chi connectivity index (χ4n) is 1.08. The molecule has 0 spiro atoms. The number of carbonyl (C=O) groups excluding carboxylic acids is 1. The van der Waals surface area contributed by atoms with Crippen molar-refractivity contribution in [3.8, 4) is 5.69 Å². The summed E-state index contributed by atoms with van der Waals surface area (Å²) in [6.45, 7) is 0. The van der Waals surface area contributed by atoms with Gasteiger partial charge in [-0.2, -0.15) is 0 Å². The second kappa shape index (κ2) is 3.29. The Hall–Kier alpha value is -2.17.